The summed E-state index contributed by atoms with van der Waals surface area (Å²) in [4.78, 5) is 19.1. The molecule has 1 aromatic carbocycles. The lowest BCUT2D eigenvalue weighted by atomic mass is 9.60. The number of aryl methyl sites for hydroxylation is 1. The van der Waals surface area contributed by atoms with Crippen LogP contribution in [0.5, 0.6) is 0 Å². The Labute approximate surface area is 312 Å². The van der Waals surface area contributed by atoms with E-state index >= 15 is 0 Å². The van der Waals surface area contributed by atoms with Gasteiger partial charge in [-0.1, -0.05) is 51.5 Å². The minimum absolute atomic E-state index is 0.0465. The molecule has 4 saturated carbocycles. The van der Waals surface area contributed by atoms with Gasteiger partial charge in [-0.3, -0.25) is 5.32 Å². The second-order valence-electron chi connectivity index (χ2n) is 16.1. The molecule has 0 bridgehead atoms. The average Bonchev–Trinajstić information content (AvgIpc) is 3.65. The first-order valence-corrected chi connectivity index (χ1v) is 19.9. The van der Waals surface area contributed by atoms with Crippen LogP contribution in [0.1, 0.15) is 114 Å². The van der Waals surface area contributed by atoms with E-state index in [4.69, 9.17) is 9.72 Å². The van der Waals surface area contributed by atoms with E-state index in [0.717, 1.165) is 66.8 Å². The summed E-state index contributed by atoms with van der Waals surface area (Å²) < 4.78 is 76.5. The fraction of sp³-hybridized carbons (Fsp3) is 0.610. The van der Waals surface area contributed by atoms with E-state index in [1.54, 1.807) is 11.3 Å². The first-order valence-electron chi connectivity index (χ1n) is 19.1. The Kier molecular flexibility index (Phi) is 11.9. The van der Waals surface area contributed by atoms with Gasteiger partial charge in [-0.15, -0.1) is 11.3 Å². The number of nitrogens with zero attached hydrogens (tertiary/aromatic N) is 1. The van der Waals surface area contributed by atoms with Crippen molar-refractivity contribution >= 4 is 23.1 Å². The van der Waals surface area contributed by atoms with Crippen LogP contribution in [-0.4, -0.2) is 39.6 Å². The lowest BCUT2D eigenvalue weighted by Crippen LogP contribution is -2.37. The first-order chi connectivity index (χ1) is 25.2. The summed E-state index contributed by atoms with van der Waals surface area (Å²) >= 11 is 1.57. The number of unbranched alkanes of at least 4 members (excludes halogenated alkanes) is 1. The molecule has 4 aliphatic rings. The zero-order valence-corrected chi connectivity index (χ0v) is 31.6. The van der Waals surface area contributed by atoms with Gasteiger partial charge in [-0.05, 0) is 111 Å². The summed E-state index contributed by atoms with van der Waals surface area (Å²) in [6.07, 6.45) is 14.1. The van der Waals surface area contributed by atoms with Gasteiger partial charge in [0, 0.05) is 17.5 Å². The minimum Gasteiger partial charge on any atom is -0.445 e. The number of hydrogen-bond donors (Lipinski definition) is 3. The second-order valence-corrected chi connectivity index (χ2v) is 17.2. The van der Waals surface area contributed by atoms with Gasteiger partial charge in [0.15, 0.2) is 23.3 Å². The quantitative estimate of drug-likeness (QED) is 0.114. The number of halogens is 5. The van der Waals surface area contributed by atoms with Crippen molar-refractivity contribution in [2.75, 3.05) is 5.32 Å². The molecule has 53 heavy (non-hydrogen) atoms. The number of fused-ring (bicyclic) bond motifs is 1. The van der Waals surface area contributed by atoms with Crippen molar-refractivity contribution < 1.29 is 41.7 Å². The number of nitrogens with one attached hydrogen (secondary N) is 1. The number of anilines is 1. The third-order valence-electron chi connectivity index (χ3n) is 12.7. The van der Waals surface area contributed by atoms with Crippen LogP contribution in [-0.2, 0) is 16.6 Å². The maximum atomic E-state index is 14.5. The molecule has 6 nitrogen and oxygen atoms in total. The highest BCUT2D eigenvalue weighted by Gasteiger charge is 2.56. The van der Waals surface area contributed by atoms with Gasteiger partial charge in [0.2, 0.25) is 5.82 Å². The monoisotopic (exact) mass is 762 g/mol. The van der Waals surface area contributed by atoms with Crippen molar-refractivity contribution in [1.82, 2.24) is 4.98 Å². The Morgan fingerprint density at radius 3 is 2.45 bits per heavy atom. The van der Waals surface area contributed by atoms with Crippen molar-refractivity contribution in [2.45, 2.75) is 134 Å². The molecule has 7 atom stereocenters. The fourth-order valence-electron chi connectivity index (χ4n) is 9.53. The molecule has 0 saturated heterocycles. The number of allylic oxidation sites excluding steroid dienone is 3. The van der Waals surface area contributed by atoms with Gasteiger partial charge in [0.1, 0.15) is 16.8 Å². The zero-order valence-electron chi connectivity index (χ0n) is 30.8. The van der Waals surface area contributed by atoms with E-state index in [9.17, 15) is 37.0 Å². The Hall–Kier alpha value is -3.09. The van der Waals surface area contributed by atoms with Crippen molar-refractivity contribution in [2.24, 2.45) is 23.2 Å². The summed E-state index contributed by atoms with van der Waals surface area (Å²) in [6, 6.07) is 0. The zero-order chi connectivity index (χ0) is 38.2. The van der Waals surface area contributed by atoms with Crippen LogP contribution in [0, 0.1) is 52.3 Å². The molecule has 1 aromatic heterocycles. The minimum atomic E-state index is -2.30. The summed E-state index contributed by atoms with van der Waals surface area (Å²) in [5, 5.41) is 23.2. The molecule has 0 aliphatic heterocycles. The van der Waals surface area contributed by atoms with Crippen LogP contribution in [0.25, 0.3) is 0 Å². The van der Waals surface area contributed by atoms with Crippen LogP contribution >= 0.6 is 11.3 Å². The van der Waals surface area contributed by atoms with Gasteiger partial charge >= 0.3 is 6.09 Å². The number of hydrogen-bond acceptors (Lipinski definition) is 6. The van der Waals surface area contributed by atoms with Crippen LogP contribution < -0.4 is 5.32 Å². The molecule has 3 N–H and O–H groups in total. The smallest absolute Gasteiger partial charge is 0.412 e. The number of carbonyl (C=O) groups excluding carboxylic acids is 1. The van der Waals surface area contributed by atoms with Crippen LogP contribution in [0.3, 0.4) is 0 Å². The Morgan fingerprint density at radius 2 is 1.77 bits per heavy atom. The fourth-order valence-corrected chi connectivity index (χ4v) is 10.8. The van der Waals surface area contributed by atoms with E-state index in [-0.39, 0.29) is 11.3 Å². The lowest BCUT2D eigenvalue weighted by Gasteiger charge is -2.44. The van der Waals surface area contributed by atoms with Crippen molar-refractivity contribution in [1.29, 1.82) is 0 Å². The van der Waals surface area contributed by atoms with Gasteiger partial charge in [0.25, 0.3) is 0 Å². The Morgan fingerprint density at radius 1 is 1.08 bits per heavy atom. The third-order valence-corrected chi connectivity index (χ3v) is 14.0. The van der Waals surface area contributed by atoms with E-state index in [2.05, 4.69) is 33.4 Å². The van der Waals surface area contributed by atoms with Gasteiger partial charge in [-0.2, -0.15) is 0 Å². The molecular weight excluding hydrogens is 712 g/mol. The number of benzene rings is 1. The van der Waals surface area contributed by atoms with Crippen molar-refractivity contribution in [3.05, 3.63) is 80.6 Å². The average molecular weight is 763 g/mol. The highest BCUT2D eigenvalue weighted by atomic mass is 32.1. The molecule has 12 heteroatoms. The summed E-state index contributed by atoms with van der Waals surface area (Å²) in [6.45, 7) is 10.8. The van der Waals surface area contributed by atoms with Gasteiger partial charge in [-0.25, -0.2) is 31.7 Å². The molecule has 4 aliphatic carbocycles. The van der Waals surface area contributed by atoms with Crippen LogP contribution in [0.15, 0.2) is 41.6 Å². The number of amides is 1. The highest BCUT2D eigenvalue weighted by molar-refractivity contribution is 7.11. The standard InChI is InChI=1S/C41H51F5N2O4S/c1-5-6-9-27-21-47-38(53-27)41(17-18-41)31(52-39(51)48-37-35(45)33(43)32(42)34(44)36(37)46)15-10-22(2)28-13-14-29-24(8-7-16-40(28,29)4)11-12-25-19-26(49)20-30(50)23(25)3/h11-12,21-22,26,28-31,49-50H,3,5-10,13-20H2,1-2,4H3,(H,48,51)/t22-,26-,28-,29+,30+,31+,40-/m1/s1. The highest BCUT2D eigenvalue weighted by Crippen LogP contribution is 2.61. The van der Waals surface area contributed by atoms with E-state index in [1.165, 1.54) is 5.57 Å². The van der Waals surface area contributed by atoms with Crippen molar-refractivity contribution in [3.8, 4) is 0 Å². The Bertz CT molecular complexity index is 1740. The number of ether oxygens (including phenoxy) is 1. The van der Waals surface area contributed by atoms with E-state index < -0.39 is 64.6 Å². The normalized spacial score (nSPS) is 29.3. The van der Waals surface area contributed by atoms with E-state index in [1.807, 2.05) is 17.6 Å². The lowest BCUT2D eigenvalue weighted by molar-refractivity contribution is 0.0590. The van der Waals surface area contributed by atoms with Crippen LogP contribution in [0.2, 0.25) is 0 Å². The molecule has 2 aromatic rings. The topological polar surface area (TPSA) is 91.7 Å². The van der Waals surface area contributed by atoms with E-state index in [0.29, 0.717) is 55.9 Å². The number of rotatable bonds is 12. The molecule has 0 radical (unpaired) electrons. The molecule has 4 fully saturated rings. The number of aliphatic hydroxyl groups excluding tert-OH is 2. The maximum Gasteiger partial charge on any atom is 0.412 e. The number of aliphatic hydroxyl groups is 2. The largest absolute Gasteiger partial charge is 0.445 e. The molecule has 290 valence electrons. The summed E-state index contributed by atoms with van der Waals surface area (Å²) in [5.74, 6) is -9.86. The molecular formula is C41H51F5N2O4S. The molecule has 6 rings (SSSR count). The van der Waals surface area contributed by atoms with Crippen molar-refractivity contribution in [3.63, 3.8) is 0 Å². The first kappa shape index (κ1) is 39.6. The van der Waals surface area contributed by atoms with Crippen LogP contribution in [0.4, 0.5) is 32.4 Å². The molecule has 0 spiro atoms. The number of carbonyl (C=O) groups is 1. The number of thiazole rings is 1. The molecule has 1 heterocycles. The SMILES string of the molecule is C=C1C(=CC=C2CCC[C@]3(C)[C@@H]([C@H](C)CC[C@H](OC(=O)Nc4c(F)c(F)c(F)c(F)c4F)C4(c5ncc(CCCC)s5)CC4)CC[C@@H]23)C[C@@H](O)C[C@@H]1O. The molecule has 1 amide bonds. The molecule has 0 unspecified atom stereocenters. The maximum absolute atomic E-state index is 14.5. The predicted molar refractivity (Wildman–Crippen MR) is 195 cm³/mol. The second kappa shape index (κ2) is 15.9. The predicted octanol–water partition coefficient (Wildman–Crippen LogP) is 10.4. The summed E-state index contributed by atoms with van der Waals surface area (Å²) in [5.41, 5.74) is 0.953. The number of aromatic nitrogens is 1. The van der Waals surface area contributed by atoms with Gasteiger partial charge < -0.3 is 14.9 Å². The summed E-state index contributed by atoms with van der Waals surface area (Å²) in [7, 11) is 0. The third kappa shape index (κ3) is 7.87. The Balaban J connectivity index is 1.20. The van der Waals surface area contributed by atoms with Gasteiger partial charge in [0.05, 0.1) is 17.6 Å².